The third-order valence-electron chi connectivity index (χ3n) is 6.41. The minimum Gasteiger partial charge on any atom is -0.352 e. The number of amides is 1. The lowest BCUT2D eigenvalue weighted by molar-refractivity contribution is -0.168. The van der Waals surface area contributed by atoms with E-state index in [4.69, 9.17) is 0 Å². The molecule has 6 nitrogen and oxygen atoms in total. The Balaban J connectivity index is 1.51. The summed E-state index contributed by atoms with van der Waals surface area (Å²) in [6, 6.07) is -2.32. The molecule has 10 heteroatoms. The van der Waals surface area contributed by atoms with Crippen LogP contribution in [0.25, 0.3) is 0 Å². The first-order chi connectivity index (χ1) is 13.6. The number of hydrazine groups is 1. The van der Waals surface area contributed by atoms with Crippen molar-refractivity contribution in [2.45, 2.75) is 87.4 Å². The number of nitrogens with one attached hydrogen (secondary N) is 4. The second-order valence-electron chi connectivity index (χ2n) is 8.95. The Kier molecular flexibility index (Phi) is 7.75. The number of carbonyl (C=O) groups excluding carboxylic acids is 1. The summed E-state index contributed by atoms with van der Waals surface area (Å²) in [5.41, 5.74) is 6.61. The Labute approximate surface area is 175 Å². The van der Waals surface area contributed by atoms with E-state index in [9.17, 15) is 18.0 Å². The predicted octanol–water partition coefficient (Wildman–Crippen LogP) is 2.38. The summed E-state index contributed by atoms with van der Waals surface area (Å²) in [5, 5.41) is 6.02. The van der Waals surface area contributed by atoms with Crippen molar-refractivity contribution in [2.24, 2.45) is 11.8 Å². The van der Waals surface area contributed by atoms with Crippen LogP contribution in [0.15, 0.2) is 0 Å². The van der Waals surface area contributed by atoms with Crippen molar-refractivity contribution in [1.29, 1.82) is 0 Å². The van der Waals surface area contributed by atoms with Crippen molar-refractivity contribution < 1.29 is 18.0 Å². The summed E-state index contributed by atoms with van der Waals surface area (Å²) in [6.45, 7) is 4.82. The molecule has 0 spiro atoms. The zero-order valence-corrected chi connectivity index (χ0v) is 18.2. The molecule has 168 valence electrons. The molecule has 4 N–H and O–H groups in total. The van der Waals surface area contributed by atoms with Gasteiger partial charge < -0.3 is 5.32 Å². The second kappa shape index (κ2) is 9.72. The number of piperidine rings is 1. The van der Waals surface area contributed by atoms with Gasteiger partial charge in [-0.1, -0.05) is 20.3 Å². The molecule has 3 aliphatic rings. The molecule has 1 amide bonds. The van der Waals surface area contributed by atoms with E-state index in [1.54, 1.807) is 6.92 Å². The summed E-state index contributed by atoms with van der Waals surface area (Å²) in [4.78, 5) is 14.9. The van der Waals surface area contributed by atoms with Crippen LogP contribution in [-0.4, -0.2) is 59.6 Å². The van der Waals surface area contributed by atoms with E-state index in [1.165, 1.54) is 0 Å². The van der Waals surface area contributed by atoms with E-state index in [-0.39, 0.29) is 29.8 Å². The molecule has 6 unspecified atom stereocenters. The molecule has 2 saturated heterocycles. The molecule has 2 aliphatic heterocycles. The van der Waals surface area contributed by atoms with Gasteiger partial charge in [-0.2, -0.15) is 13.2 Å². The van der Waals surface area contributed by atoms with E-state index in [0.29, 0.717) is 17.6 Å². The Morgan fingerprint density at radius 2 is 2.00 bits per heavy atom. The second-order valence-corrected chi connectivity index (χ2v) is 10.4. The fourth-order valence-electron chi connectivity index (χ4n) is 4.68. The molecule has 1 aliphatic carbocycles. The lowest BCUT2D eigenvalue weighted by Gasteiger charge is -2.38. The SMILES string of the molecule is CC1CC(C(=O)NC2CCCC([C@H](C)SC3NNCN3C)C2)NC(C(F)(F)F)C1. The maximum atomic E-state index is 13.1. The van der Waals surface area contributed by atoms with E-state index in [2.05, 4.69) is 40.4 Å². The van der Waals surface area contributed by atoms with Crippen LogP contribution in [0.3, 0.4) is 0 Å². The Bertz CT molecular complexity index is 566. The molecule has 0 bridgehead atoms. The van der Waals surface area contributed by atoms with E-state index >= 15 is 0 Å². The fourth-order valence-corrected chi connectivity index (χ4v) is 5.99. The summed E-state index contributed by atoms with van der Waals surface area (Å²) in [6.07, 6.45) is 0.111. The number of thioether (sulfide) groups is 1. The van der Waals surface area contributed by atoms with Crippen LogP contribution in [0.4, 0.5) is 13.2 Å². The largest absolute Gasteiger partial charge is 0.403 e. The molecule has 1 saturated carbocycles. The first-order valence-corrected chi connectivity index (χ1v) is 11.5. The molecular weight excluding hydrogens is 403 g/mol. The number of rotatable bonds is 5. The van der Waals surface area contributed by atoms with Gasteiger partial charge in [0.1, 0.15) is 11.5 Å². The first-order valence-electron chi connectivity index (χ1n) is 10.6. The van der Waals surface area contributed by atoms with Crippen LogP contribution in [-0.2, 0) is 4.79 Å². The van der Waals surface area contributed by atoms with Gasteiger partial charge in [-0.3, -0.25) is 15.0 Å². The molecule has 0 radical (unpaired) electrons. The van der Waals surface area contributed by atoms with Crippen molar-refractivity contribution in [3.05, 3.63) is 0 Å². The zero-order valence-electron chi connectivity index (χ0n) is 17.4. The van der Waals surface area contributed by atoms with Crippen LogP contribution in [0.2, 0.25) is 0 Å². The minimum atomic E-state index is -4.31. The van der Waals surface area contributed by atoms with Crippen molar-refractivity contribution in [3.63, 3.8) is 0 Å². The number of halogens is 3. The van der Waals surface area contributed by atoms with Gasteiger partial charge in [0.05, 0.1) is 12.7 Å². The monoisotopic (exact) mass is 437 g/mol. The van der Waals surface area contributed by atoms with Crippen molar-refractivity contribution >= 4 is 17.7 Å². The molecule has 0 aromatic rings. The maximum Gasteiger partial charge on any atom is 0.403 e. The van der Waals surface area contributed by atoms with E-state index in [0.717, 1.165) is 32.4 Å². The Morgan fingerprint density at radius 1 is 1.24 bits per heavy atom. The van der Waals surface area contributed by atoms with Gasteiger partial charge in [-0.15, -0.1) is 11.8 Å². The van der Waals surface area contributed by atoms with Crippen LogP contribution in [0.1, 0.15) is 52.4 Å². The smallest absolute Gasteiger partial charge is 0.352 e. The summed E-state index contributed by atoms with van der Waals surface area (Å²) in [5.74, 6) is 0.0767. The van der Waals surface area contributed by atoms with E-state index < -0.39 is 18.3 Å². The van der Waals surface area contributed by atoms with Gasteiger partial charge in [0, 0.05) is 11.3 Å². The van der Waals surface area contributed by atoms with E-state index in [1.807, 2.05) is 11.8 Å². The standard InChI is InChI=1S/C19H34F3N5OS/c1-11-7-15(25-16(8-11)19(20,21)22)17(28)24-14-6-4-5-13(9-14)12(2)29-18-26-23-10-27(18)3/h11-16,18,23,25-26H,4-10H2,1-3H3,(H,24,28)/t11?,12-,13?,14?,15?,16?,18?/m0/s1. The molecule has 7 atom stereocenters. The molecule has 3 rings (SSSR count). The fraction of sp³-hybridized carbons (Fsp3) is 0.947. The van der Waals surface area contributed by atoms with Crippen LogP contribution in [0.5, 0.6) is 0 Å². The van der Waals surface area contributed by atoms with Crippen LogP contribution in [0, 0.1) is 11.8 Å². The highest BCUT2D eigenvalue weighted by molar-refractivity contribution is 8.00. The highest BCUT2D eigenvalue weighted by atomic mass is 32.2. The van der Waals surface area contributed by atoms with Gasteiger partial charge in [-0.25, -0.2) is 10.9 Å². The lowest BCUT2D eigenvalue weighted by atomic mass is 9.83. The lowest BCUT2D eigenvalue weighted by Crippen LogP contribution is -2.58. The summed E-state index contributed by atoms with van der Waals surface area (Å²) in [7, 11) is 2.06. The molecule has 3 fully saturated rings. The van der Waals surface area contributed by atoms with Gasteiger partial charge in [-0.05, 0) is 51.0 Å². The number of nitrogens with zero attached hydrogens (tertiary/aromatic N) is 1. The normalized spacial score (nSPS) is 38.0. The number of hydrogen-bond donors (Lipinski definition) is 4. The average Bonchev–Trinajstić information content (AvgIpc) is 3.05. The van der Waals surface area contributed by atoms with Crippen molar-refractivity contribution in [3.8, 4) is 0 Å². The number of alkyl halides is 3. The number of carbonyl (C=O) groups is 1. The van der Waals surface area contributed by atoms with Crippen LogP contribution >= 0.6 is 11.8 Å². The molecule has 0 aromatic carbocycles. The van der Waals surface area contributed by atoms with Crippen molar-refractivity contribution in [1.82, 2.24) is 26.4 Å². The molecule has 2 heterocycles. The highest BCUT2D eigenvalue weighted by Gasteiger charge is 2.45. The Hall–Kier alpha value is -0.550. The number of hydrogen-bond acceptors (Lipinski definition) is 6. The Morgan fingerprint density at radius 3 is 2.66 bits per heavy atom. The van der Waals surface area contributed by atoms with Crippen LogP contribution < -0.4 is 21.5 Å². The summed E-state index contributed by atoms with van der Waals surface area (Å²) >= 11 is 1.88. The van der Waals surface area contributed by atoms with Gasteiger partial charge in [0.2, 0.25) is 5.91 Å². The molecule has 0 aromatic heterocycles. The van der Waals surface area contributed by atoms with Gasteiger partial charge >= 0.3 is 6.18 Å². The van der Waals surface area contributed by atoms with Gasteiger partial charge in [0.15, 0.2) is 0 Å². The van der Waals surface area contributed by atoms with Gasteiger partial charge in [0.25, 0.3) is 0 Å². The molecular formula is C19H34F3N5OS. The highest BCUT2D eigenvalue weighted by Crippen LogP contribution is 2.35. The third-order valence-corrected chi connectivity index (χ3v) is 7.96. The summed E-state index contributed by atoms with van der Waals surface area (Å²) < 4.78 is 39.4. The third kappa shape index (κ3) is 6.22. The molecule has 29 heavy (non-hydrogen) atoms. The zero-order chi connectivity index (χ0) is 21.2. The van der Waals surface area contributed by atoms with Crippen molar-refractivity contribution in [2.75, 3.05) is 13.7 Å². The first kappa shape index (κ1) is 23.1. The quantitative estimate of drug-likeness (QED) is 0.530. The predicted molar refractivity (Wildman–Crippen MR) is 109 cm³/mol. The average molecular weight is 438 g/mol. The minimum absolute atomic E-state index is 0.0338. The topological polar surface area (TPSA) is 68.4 Å². The maximum absolute atomic E-state index is 13.1.